The summed E-state index contributed by atoms with van der Waals surface area (Å²) in [6, 6.07) is 7.22. The van der Waals surface area contributed by atoms with E-state index < -0.39 is 0 Å². The number of carbonyl (C=O) groups excluding carboxylic acids is 1. The summed E-state index contributed by atoms with van der Waals surface area (Å²) in [5.41, 5.74) is 7.05. The molecule has 0 aliphatic rings. The number of carbonyl (C=O) groups is 1. The lowest BCUT2D eigenvalue weighted by Gasteiger charge is -2.06. The molecule has 3 N–H and O–H groups in total. The van der Waals surface area contributed by atoms with Crippen LogP contribution in [0.15, 0.2) is 24.3 Å². The first-order valence-corrected chi connectivity index (χ1v) is 4.47. The van der Waals surface area contributed by atoms with Crippen LogP contribution in [-0.4, -0.2) is 19.1 Å². The average Bonchev–Trinajstić information content (AvgIpc) is 2.15. The zero-order valence-electron chi connectivity index (χ0n) is 8.12. The van der Waals surface area contributed by atoms with Crippen LogP contribution < -0.4 is 11.1 Å². The van der Waals surface area contributed by atoms with Gasteiger partial charge in [-0.3, -0.25) is 4.79 Å². The average molecular weight is 194 g/mol. The lowest BCUT2D eigenvalue weighted by Crippen LogP contribution is -2.16. The zero-order valence-corrected chi connectivity index (χ0v) is 8.12. The maximum atomic E-state index is 11.0. The maximum Gasteiger partial charge on any atom is 0.325 e. The Kier molecular flexibility index (Phi) is 3.79. The van der Waals surface area contributed by atoms with E-state index in [1.54, 1.807) is 19.1 Å². The van der Waals surface area contributed by atoms with Crippen LogP contribution in [0.25, 0.3) is 0 Å². The summed E-state index contributed by atoms with van der Waals surface area (Å²) in [4.78, 5) is 11.0. The third kappa shape index (κ3) is 3.35. The van der Waals surface area contributed by atoms with Crippen molar-refractivity contribution in [3.63, 3.8) is 0 Å². The van der Waals surface area contributed by atoms with Gasteiger partial charge in [0.05, 0.1) is 6.61 Å². The molecular weight excluding hydrogens is 180 g/mol. The monoisotopic (exact) mass is 194 g/mol. The molecule has 0 aromatic heterocycles. The number of anilines is 2. The molecule has 76 valence electrons. The van der Waals surface area contributed by atoms with E-state index in [-0.39, 0.29) is 12.5 Å². The molecule has 4 nitrogen and oxygen atoms in total. The third-order valence-electron chi connectivity index (χ3n) is 1.63. The summed E-state index contributed by atoms with van der Waals surface area (Å²) in [5, 5.41) is 2.92. The summed E-state index contributed by atoms with van der Waals surface area (Å²) in [7, 11) is 0. The van der Waals surface area contributed by atoms with Crippen molar-refractivity contribution in [2.75, 3.05) is 24.2 Å². The Hall–Kier alpha value is -1.71. The van der Waals surface area contributed by atoms with E-state index in [4.69, 9.17) is 10.5 Å². The molecule has 0 aliphatic heterocycles. The molecule has 1 aromatic carbocycles. The molecule has 0 saturated heterocycles. The molecule has 0 atom stereocenters. The lowest BCUT2D eigenvalue weighted by molar-refractivity contribution is -0.140. The Labute approximate surface area is 83.1 Å². The molecular formula is C10H14N2O2. The van der Waals surface area contributed by atoms with Crippen molar-refractivity contribution in [3.8, 4) is 0 Å². The number of esters is 1. The van der Waals surface area contributed by atoms with E-state index >= 15 is 0 Å². The minimum Gasteiger partial charge on any atom is -0.465 e. The van der Waals surface area contributed by atoms with E-state index in [0.717, 1.165) is 5.69 Å². The molecule has 0 spiro atoms. The molecule has 0 aliphatic carbocycles. The van der Waals surface area contributed by atoms with Crippen LogP contribution in [0.5, 0.6) is 0 Å². The van der Waals surface area contributed by atoms with Gasteiger partial charge in [-0.15, -0.1) is 0 Å². The Balaban J connectivity index is 2.41. The SMILES string of the molecule is CCOC(=O)CNc1cccc(N)c1. The number of nitrogens with two attached hydrogens (primary N) is 1. The predicted molar refractivity (Wildman–Crippen MR) is 56.0 cm³/mol. The van der Waals surface area contributed by atoms with Crippen molar-refractivity contribution in [1.29, 1.82) is 0 Å². The third-order valence-corrected chi connectivity index (χ3v) is 1.63. The fourth-order valence-corrected chi connectivity index (χ4v) is 1.03. The number of rotatable bonds is 4. The van der Waals surface area contributed by atoms with Gasteiger partial charge in [0.2, 0.25) is 0 Å². The highest BCUT2D eigenvalue weighted by Gasteiger charge is 2.00. The molecule has 0 saturated carbocycles. The van der Waals surface area contributed by atoms with Gasteiger partial charge < -0.3 is 15.8 Å². The zero-order chi connectivity index (χ0) is 10.4. The number of nitrogens with one attached hydrogen (secondary N) is 1. The number of nitrogen functional groups attached to an aromatic ring is 1. The van der Waals surface area contributed by atoms with Crippen LogP contribution in [-0.2, 0) is 9.53 Å². The van der Waals surface area contributed by atoms with Gasteiger partial charge in [-0.05, 0) is 25.1 Å². The minimum atomic E-state index is -0.269. The standard InChI is InChI=1S/C10H14N2O2/c1-2-14-10(13)7-12-9-5-3-4-8(11)6-9/h3-6,12H,2,7,11H2,1H3. The van der Waals surface area contributed by atoms with Crippen LogP contribution >= 0.6 is 0 Å². The molecule has 1 aromatic rings. The molecule has 0 heterocycles. The van der Waals surface area contributed by atoms with Crippen LogP contribution in [0.1, 0.15) is 6.92 Å². The number of hydrogen-bond donors (Lipinski definition) is 2. The molecule has 1 rings (SSSR count). The van der Waals surface area contributed by atoms with Crippen LogP contribution in [0, 0.1) is 0 Å². The highest BCUT2D eigenvalue weighted by molar-refractivity contribution is 5.75. The maximum absolute atomic E-state index is 11.0. The first-order chi connectivity index (χ1) is 6.72. The van der Waals surface area contributed by atoms with Gasteiger partial charge in [0.25, 0.3) is 0 Å². The first-order valence-electron chi connectivity index (χ1n) is 4.47. The summed E-state index contributed by atoms with van der Waals surface area (Å²) >= 11 is 0. The fraction of sp³-hybridized carbons (Fsp3) is 0.300. The first kappa shape index (κ1) is 10.4. The summed E-state index contributed by atoms with van der Waals surface area (Å²) in [6.07, 6.45) is 0. The van der Waals surface area contributed by atoms with Crippen LogP contribution in [0.4, 0.5) is 11.4 Å². The van der Waals surface area contributed by atoms with Crippen molar-refractivity contribution in [2.45, 2.75) is 6.92 Å². The van der Waals surface area contributed by atoms with Gasteiger partial charge in [0.15, 0.2) is 0 Å². The molecule has 4 heteroatoms. The molecule has 14 heavy (non-hydrogen) atoms. The topological polar surface area (TPSA) is 64.3 Å². The fourth-order valence-electron chi connectivity index (χ4n) is 1.03. The lowest BCUT2D eigenvalue weighted by atomic mass is 10.3. The second-order valence-electron chi connectivity index (χ2n) is 2.78. The van der Waals surface area contributed by atoms with Crippen LogP contribution in [0.2, 0.25) is 0 Å². The summed E-state index contributed by atoms with van der Waals surface area (Å²) < 4.78 is 4.76. The van der Waals surface area contributed by atoms with E-state index in [2.05, 4.69) is 5.32 Å². The quantitative estimate of drug-likeness (QED) is 0.559. The molecule has 0 radical (unpaired) electrons. The van der Waals surface area contributed by atoms with Gasteiger partial charge in [0, 0.05) is 11.4 Å². The number of hydrogen-bond acceptors (Lipinski definition) is 4. The Morgan fingerprint density at radius 3 is 3.00 bits per heavy atom. The van der Waals surface area contributed by atoms with Crippen molar-refractivity contribution in [3.05, 3.63) is 24.3 Å². The van der Waals surface area contributed by atoms with E-state index in [1.807, 2.05) is 12.1 Å². The van der Waals surface area contributed by atoms with Gasteiger partial charge >= 0.3 is 5.97 Å². The highest BCUT2D eigenvalue weighted by Crippen LogP contribution is 2.10. The molecule has 0 amide bonds. The second kappa shape index (κ2) is 5.11. The smallest absolute Gasteiger partial charge is 0.325 e. The molecule has 0 fully saturated rings. The van der Waals surface area contributed by atoms with Crippen molar-refractivity contribution < 1.29 is 9.53 Å². The Bertz CT molecular complexity index is 313. The molecule has 0 unspecified atom stereocenters. The van der Waals surface area contributed by atoms with E-state index in [1.165, 1.54) is 0 Å². The largest absolute Gasteiger partial charge is 0.465 e. The second-order valence-corrected chi connectivity index (χ2v) is 2.78. The van der Waals surface area contributed by atoms with E-state index in [0.29, 0.717) is 12.3 Å². The number of ether oxygens (including phenoxy) is 1. The summed E-state index contributed by atoms with van der Waals surface area (Å²) in [6.45, 7) is 2.34. The van der Waals surface area contributed by atoms with Gasteiger partial charge in [-0.1, -0.05) is 6.07 Å². The molecule has 0 bridgehead atoms. The van der Waals surface area contributed by atoms with E-state index in [9.17, 15) is 4.79 Å². The number of benzene rings is 1. The van der Waals surface area contributed by atoms with Crippen molar-refractivity contribution in [2.24, 2.45) is 0 Å². The predicted octanol–water partition coefficient (Wildman–Crippen LogP) is 1.24. The van der Waals surface area contributed by atoms with Crippen LogP contribution in [0.3, 0.4) is 0 Å². The summed E-state index contributed by atoms with van der Waals surface area (Å²) in [5.74, 6) is -0.269. The van der Waals surface area contributed by atoms with Crippen molar-refractivity contribution >= 4 is 17.3 Å². The van der Waals surface area contributed by atoms with Gasteiger partial charge in [-0.25, -0.2) is 0 Å². The Morgan fingerprint density at radius 1 is 1.57 bits per heavy atom. The van der Waals surface area contributed by atoms with Crippen molar-refractivity contribution in [1.82, 2.24) is 0 Å². The minimum absolute atomic E-state index is 0.164. The normalized spacial score (nSPS) is 9.50. The van der Waals surface area contributed by atoms with Gasteiger partial charge in [0.1, 0.15) is 6.54 Å². The Morgan fingerprint density at radius 2 is 2.36 bits per heavy atom. The van der Waals surface area contributed by atoms with Gasteiger partial charge in [-0.2, -0.15) is 0 Å². The highest BCUT2D eigenvalue weighted by atomic mass is 16.5.